The van der Waals surface area contributed by atoms with E-state index < -0.39 is 0 Å². The van der Waals surface area contributed by atoms with E-state index in [-0.39, 0.29) is 0 Å². The van der Waals surface area contributed by atoms with Crippen molar-refractivity contribution in [1.82, 2.24) is 0 Å². The van der Waals surface area contributed by atoms with E-state index in [1.165, 1.54) is 17.7 Å². The van der Waals surface area contributed by atoms with E-state index in [4.69, 9.17) is 5.11 Å². The van der Waals surface area contributed by atoms with Gasteiger partial charge in [-0.1, -0.05) is 37.6 Å². The number of aliphatic hydroxyl groups excluding tert-OH is 1. The van der Waals surface area contributed by atoms with Gasteiger partial charge in [-0.15, -0.1) is 0 Å². The van der Waals surface area contributed by atoms with E-state index in [9.17, 15) is 0 Å². The zero-order valence-electron chi connectivity index (χ0n) is 7.83. The second-order valence-electron chi connectivity index (χ2n) is 3.42. The van der Waals surface area contributed by atoms with Crippen LogP contribution in [0.4, 0.5) is 0 Å². The van der Waals surface area contributed by atoms with Crippen molar-refractivity contribution in [3.05, 3.63) is 41.5 Å². The molecule has 1 aromatic carbocycles. The standard InChI is InChI=1S/C11H15O/c1-8(2)11-5-4-9(3)6-10(11)7-12/h4-8,12H,1-3H3. The highest BCUT2D eigenvalue weighted by Gasteiger charge is 2.05. The lowest BCUT2D eigenvalue weighted by atomic mass is 9.96. The summed E-state index contributed by atoms with van der Waals surface area (Å²) in [6.07, 6.45) is 0. The fourth-order valence-corrected chi connectivity index (χ4v) is 1.33. The highest BCUT2D eigenvalue weighted by Crippen LogP contribution is 2.21. The molecule has 1 aromatic rings. The van der Waals surface area contributed by atoms with Crippen LogP contribution in [0, 0.1) is 13.5 Å². The Morgan fingerprint density at radius 2 is 2.00 bits per heavy atom. The molecule has 0 saturated heterocycles. The van der Waals surface area contributed by atoms with Gasteiger partial charge in [0, 0.05) is 0 Å². The molecular weight excluding hydrogens is 148 g/mol. The first-order valence-corrected chi connectivity index (χ1v) is 4.23. The predicted octanol–water partition coefficient (Wildman–Crippen LogP) is 3.00. The number of aryl methyl sites for hydroxylation is 1. The molecule has 1 radical (unpaired) electrons. The van der Waals surface area contributed by atoms with Crippen molar-refractivity contribution in [2.75, 3.05) is 0 Å². The molecule has 0 bridgehead atoms. The monoisotopic (exact) mass is 163 g/mol. The number of hydrogen-bond donors (Lipinski definition) is 1. The fourth-order valence-electron chi connectivity index (χ4n) is 1.33. The minimum Gasteiger partial charge on any atom is -0.385 e. The SMILES string of the molecule is Cc1ccc(C(C)C)c([CH]O)c1. The van der Waals surface area contributed by atoms with E-state index >= 15 is 0 Å². The molecule has 0 unspecified atom stereocenters. The summed E-state index contributed by atoms with van der Waals surface area (Å²) in [5.74, 6) is 0.462. The number of aliphatic hydroxyl groups is 1. The van der Waals surface area contributed by atoms with Crippen LogP contribution in [0.3, 0.4) is 0 Å². The lowest BCUT2D eigenvalue weighted by Crippen LogP contribution is -1.95. The van der Waals surface area contributed by atoms with Gasteiger partial charge in [0.25, 0.3) is 0 Å². The van der Waals surface area contributed by atoms with Crippen LogP contribution in [0.5, 0.6) is 0 Å². The second-order valence-corrected chi connectivity index (χ2v) is 3.42. The van der Waals surface area contributed by atoms with E-state index in [1.807, 2.05) is 13.0 Å². The van der Waals surface area contributed by atoms with Crippen molar-refractivity contribution in [3.63, 3.8) is 0 Å². The van der Waals surface area contributed by atoms with Crippen LogP contribution in [0.1, 0.15) is 36.5 Å². The van der Waals surface area contributed by atoms with Crippen molar-refractivity contribution >= 4 is 0 Å². The zero-order valence-corrected chi connectivity index (χ0v) is 7.83. The Morgan fingerprint density at radius 3 is 2.50 bits per heavy atom. The van der Waals surface area contributed by atoms with Gasteiger partial charge >= 0.3 is 0 Å². The minimum absolute atomic E-state index is 0.462. The fraction of sp³-hybridized carbons (Fsp3) is 0.364. The first-order valence-electron chi connectivity index (χ1n) is 4.23. The first-order chi connectivity index (χ1) is 5.65. The van der Waals surface area contributed by atoms with Gasteiger partial charge in [-0.2, -0.15) is 0 Å². The van der Waals surface area contributed by atoms with Gasteiger partial charge in [0.2, 0.25) is 0 Å². The molecule has 0 aliphatic carbocycles. The summed E-state index contributed by atoms with van der Waals surface area (Å²) in [5.41, 5.74) is 3.31. The van der Waals surface area contributed by atoms with E-state index in [0.717, 1.165) is 5.56 Å². The van der Waals surface area contributed by atoms with Crippen LogP contribution in [0.15, 0.2) is 18.2 Å². The quantitative estimate of drug-likeness (QED) is 0.710. The summed E-state index contributed by atoms with van der Waals surface area (Å²) in [6, 6.07) is 6.14. The van der Waals surface area contributed by atoms with E-state index in [1.54, 1.807) is 0 Å². The van der Waals surface area contributed by atoms with Crippen LogP contribution in [0.2, 0.25) is 0 Å². The van der Waals surface area contributed by atoms with Gasteiger partial charge in [-0.3, -0.25) is 0 Å². The molecule has 0 fully saturated rings. The van der Waals surface area contributed by atoms with Gasteiger partial charge in [-0.25, -0.2) is 0 Å². The maximum Gasteiger partial charge on any atom is 0.109 e. The normalized spacial score (nSPS) is 10.8. The van der Waals surface area contributed by atoms with E-state index in [0.29, 0.717) is 5.92 Å². The zero-order chi connectivity index (χ0) is 9.14. The predicted molar refractivity (Wildman–Crippen MR) is 50.6 cm³/mol. The second kappa shape index (κ2) is 3.72. The highest BCUT2D eigenvalue weighted by molar-refractivity contribution is 5.36. The third kappa shape index (κ3) is 1.86. The topological polar surface area (TPSA) is 20.2 Å². The van der Waals surface area contributed by atoms with Gasteiger partial charge in [0.15, 0.2) is 0 Å². The van der Waals surface area contributed by atoms with Crippen LogP contribution < -0.4 is 0 Å². The van der Waals surface area contributed by atoms with Crippen molar-refractivity contribution in [2.24, 2.45) is 0 Å². The Balaban J connectivity index is 3.11. The Labute approximate surface area is 74.1 Å². The van der Waals surface area contributed by atoms with Crippen LogP contribution in [0.25, 0.3) is 0 Å². The van der Waals surface area contributed by atoms with Crippen LogP contribution >= 0.6 is 0 Å². The number of hydrogen-bond acceptors (Lipinski definition) is 1. The summed E-state index contributed by atoms with van der Waals surface area (Å²) in [7, 11) is 0. The molecule has 0 amide bonds. The largest absolute Gasteiger partial charge is 0.385 e. The molecular formula is C11H15O. The molecule has 1 N–H and O–H groups in total. The Hall–Kier alpha value is -0.820. The maximum atomic E-state index is 8.97. The molecule has 12 heavy (non-hydrogen) atoms. The molecule has 0 saturated carbocycles. The molecule has 0 aliphatic rings. The molecule has 0 aromatic heterocycles. The van der Waals surface area contributed by atoms with Crippen molar-refractivity contribution in [3.8, 4) is 0 Å². The molecule has 65 valence electrons. The van der Waals surface area contributed by atoms with Crippen molar-refractivity contribution in [1.29, 1.82) is 0 Å². The molecule has 1 heteroatoms. The van der Waals surface area contributed by atoms with Crippen molar-refractivity contribution < 1.29 is 5.11 Å². The summed E-state index contributed by atoms with van der Waals surface area (Å²) < 4.78 is 0. The van der Waals surface area contributed by atoms with Gasteiger partial charge in [-0.05, 0) is 24.0 Å². The molecule has 1 nitrogen and oxygen atoms in total. The smallest absolute Gasteiger partial charge is 0.109 e. The van der Waals surface area contributed by atoms with Gasteiger partial charge in [0.1, 0.15) is 6.61 Å². The molecule has 0 heterocycles. The minimum atomic E-state index is 0.462. The summed E-state index contributed by atoms with van der Waals surface area (Å²) in [6.45, 7) is 7.45. The van der Waals surface area contributed by atoms with Crippen molar-refractivity contribution in [2.45, 2.75) is 26.7 Å². The third-order valence-electron chi connectivity index (χ3n) is 2.00. The molecule has 1 rings (SSSR count). The number of benzene rings is 1. The molecule has 0 atom stereocenters. The van der Waals surface area contributed by atoms with Crippen LogP contribution in [-0.2, 0) is 0 Å². The number of rotatable bonds is 2. The maximum absolute atomic E-state index is 8.97. The summed E-state index contributed by atoms with van der Waals surface area (Å²) >= 11 is 0. The third-order valence-corrected chi connectivity index (χ3v) is 2.00. The first kappa shape index (κ1) is 9.27. The van der Waals surface area contributed by atoms with E-state index in [2.05, 4.69) is 26.0 Å². The Bertz CT molecular complexity index is 264. The van der Waals surface area contributed by atoms with Crippen LogP contribution in [-0.4, -0.2) is 5.11 Å². The van der Waals surface area contributed by atoms with Gasteiger partial charge < -0.3 is 5.11 Å². The average molecular weight is 163 g/mol. The highest BCUT2D eigenvalue weighted by atomic mass is 16.3. The molecule has 0 aliphatic heterocycles. The summed E-state index contributed by atoms with van der Waals surface area (Å²) in [4.78, 5) is 0. The lowest BCUT2D eigenvalue weighted by Gasteiger charge is -2.10. The lowest BCUT2D eigenvalue weighted by molar-refractivity contribution is 0.413. The summed E-state index contributed by atoms with van der Waals surface area (Å²) in [5, 5.41) is 8.97. The van der Waals surface area contributed by atoms with Gasteiger partial charge in [0.05, 0.1) is 0 Å². The Morgan fingerprint density at radius 1 is 1.33 bits per heavy atom. The average Bonchev–Trinajstić information content (AvgIpc) is 2.03. The Kier molecular flexibility index (Phi) is 2.88. The molecule has 0 spiro atoms.